The van der Waals surface area contributed by atoms with E-state index in [1.165, 1.54) is 27.9 Å². The second kappa shape index (κ2) is 7.09. The molecule has 2 aromatic carbocycles. The maximum absolute atomic E-state index is 12.5. The highest BCUT2D eigenvalue weighted by atomic mass is 32.2. The Kier molecular flexibility index (Phi) is 4.75. The maximum Gasteiger partial charge on any atom is 0.246 e. The lowest BCUT2D eigenvalue weighted by molar-refractivity contribution is -0.126. The Morgan fingerprint density at radius 1 is 1.18 bits per heavy atom. The number of para-hydroxylation sites is 1. The van der Waals surface area contributed by atoms with Crippen molar-refractivity contribution >= 4 is 43.6 Å². The number of nitrogens with zero attached hydrogens (tertiary/aromatic N) is 2. The number of carbonyl (C=O) groups is 1. The standard InChI is InChI=1S/C22H24N2O3S/c1-3-24-20-7-5-4-6-18(20)19-14-16(8-10-21(19)24)9-11-22(25)23(2)17-12-13-28(26,27)15-17/h4-11,14,17H,3,12-13,15H2,1-2H3/b11-9+. The number of sulfone groups is 1. The Labute approximate surface area is 165 Å². The van der Waals surface area contributed by atoms with Gasteiger partial charge in [0.25, 0.3) is 0 Å². The summed E-state index contributed by atoms with van der Waals surface area (Å²) in [5.74, 6) is 0.0566. The van der Waals surface area contributed by atoms with Crippen molar-refractivity contribution in [2.75, 3.05) is 18.6 Å². The molecule has 0 radical (unpaired) electrons. The topological polar surface area (TPSA) is 59.4 Å². The minimum Gasteiger partial charge on any atom is -0.341 e. The Hall–Kier alpha value is -2.60. The van der Waals surface area contributed by atoms with Crippen LogP contribution in [0.25, 0.3) is 27.9 Å². The number of benzene rings is 2. The lowest BCUT2D eigenvalue weighted by Gasteiger charge is -2.21. The molecule has 1 aliphatic rings. The quantitative estimate of drug-likeness (QED) is 0.635. The molecule has 1 aliphatic heterocycles. The smallest absolute Gasteiger partial charge is 0.246 e. The van der Waals surface area contributed by atoms with Gasteiger partial charge in [-0.05, 0) is 43.2 Å². The van der Waals surface area contributed by atoms with Crippen LogP contribution in [0.1, 0.15) is 18.9 Å². The second-order valence-corrected chi connectivity index (χ2v) is 9.61. The number of aryl methyl sites for hydroxylation is 1. The lowest BCUT2D eigenvalue weighted by Crippen LogP contribution is -2.36. The largest absolute Gasteiger partial charge is 0.341 e. The molecule has 1 fully saturated rings. The molecule has 1 saturated heterocycles. The van der Waals surface area contributed by atoms with Crippen LogP contribution in [0.15, 0.2) is 48.5 Å². The number of likely N-dealkylation sites (N-methyl/N-ethyl adjacent to an activating group) is 1. The summed E-state index contributed by atoms with van der Waals surface area (Å²) in [4.78, 5) is 14.0. The van der Waals surface area contributed by atoms with Gasteiger partial charge in [-0.2, -0.15) is 0 Å². The van der Waals surface area contributed by atoms with E-state index in [0.29, 0.717) is 6.42 Å². The average Bonchev–Trinajstić information content (AvgIpc) is 3.22. The molecule has 0 aliphatic carbocycles. The van der Waals surface area contributed by atoms with Gasteiger partial charge in [-0.15, -0.1) is 0 Å². The molecule has 1 unspecified atom stereocenters. The van der Waals surface area contributed by atoms with Gasteiger partial charge in [-0.25, -0.2) is 8.42 Å². The predicted octanol–water partition coefficient (Wildman–Crippen LogP) is 3.47. The van der Waals surface area contributed by atoms with Crippen molar-refractivity contribution in [3.8, 4) is 0 Å². The summed E-state index contributed by atoms with van der Waals surface area (Å²) in [6, 6.07) is 14.3. The van der Waals surface area contributed by atoms with Gasteiger partial charge in [0.15, 0.2) is 9.84 Å². The molecule has 6 heteroatoms. The van der Waals surface area contributed by atoms with Crippen molar-refractivity contribution < 1.29 is 13.2 Å². The summed E-state index contributed by atoms with van der Waals surface area (Å²) >= 11 is 0. The molecule has 2 heterocycles. The monoisotopic (exact) mass is 396 g/mol. The number of fused-ring (bicyclic) bond motifs is 3. The van der Waals surface area contributed by atoms with E-state index >= 15 is 0 Å². The first kappa shape index (κ1) is 18.7. The van der Waals surface area contributed by atoms with Crippen LogP contribution in [0.3, 0.4) is 0 Å². The number of hydrogen-bond donors (Lipinski definition) is 0. The van der Waals surface area contributed by atoms with Crippen LogP contribution in [0.2, 0.25) is 0 Å². The van der Waals surface area contributed by atoms with Crippen molar-refractivity contribution in [1.29, 1.82) is 0 Å². The van der Waals surface area contributed by atoms with Gasteiger partial charge in [-0.1, -0.05) is 24.3 Å². The van der Waals surface area contributed by atoms with E-state index in [1.807, 2.05) is 18.2 Å². The molecule has 1 atom stereocenters. The van der Waals surface area contributed by atoms with E-state index in [-0.39, 0.29) is 23.5 Å². The van der Waals surface area contributed by atoms with Gasteiger partial charge in [0.05, 0.1) is 11.5 Å². The van der Waals surface area contributed by atoms with E-state index in [2.05, 4.69) is 35.8 Å². The summed E-state index contributed by atoms with van der Waals surface area (Å²) in [7, 11) is -1.33. The van der Waals surface area contributed by atoms with E-state index < -0.39 is 9.84 Å². The van der Waals surface area contributed by atoms with E-state index in [9.17, 15) is 13.2 Å². The SMILES string of the molecule is CCn1c2ccccc2c2cc(/C=C/C(=O)N(C)C3CCS(=O)(=O)C3)ccc21. The summed E-state index contributed by atoms with van der Waals surface area (Å²) in [5.41, 5.74) is 3.34. The van der Waals surface area contributed by atoms with Crippen LogP contribution in [-0.4, -0.2) is 48.4 Å². The summed E-state index contributed by atoms with van der Waals surface area (Å²) in [6.07, 6.45) is 3.85. The molecule has 146 valence electrons. The number of hydrogen-bond acceptors (Lipinski definition) is 3. The first-order chi connectivity index (χ1) is 13.4. The number of carbonyl (C=O) groups excluding carboxylic acids is 1. The van der Waals surface area contributed by atoms with E-state index in [0.717, 1.165) is 12.1 Å². The molecule has 5 nitrogen and oxygen atoms in total. The number of rotatable bonds is 4. The molecule has 1 aromatic heterocycles. The van der Waals surface area contributed by atoms with Crippen molar-refractivity contribution in [3.63, 3.8) is 0 Å². The molecule has 28 heavy (non-hydrogen) atoms. The van der Waals surface area contributed by atoms with Crippen LogP contribution in [0.4, 0.5) is 0 Å². The van der Waals surface area contributed by atoms with Crippen LogP contribution in [0, 0.1) is 0 Å². The predicted molar refractivity (Wildman–Crippen MR) is 114 cm³/mol. The van der Waals surface area contributed by atoms with Gasteiger partial charge in [0.1, 0.15) is 0 Å². The lowest BCUT2D eigenvalue weighted by atomic mass is 10.1. The molecule has 0 bridgehead atoms. The van der Waals surface area contributed by atoms with Gasteiger partial charge in [0.2, 0.25) is 5.91 Å². The minimum absolute atomic E-state index is 0.0611. The number of amides is 1. The average molecular weight is 397 g/mol. The fourth-order valence-corrected chi connectivity index (χ4v) is 5.84. The highest BCUT2D eigenvalue weighted by Crippen LogP contribution is 2.30. The van der Waals surface area contributed by atoms with Gasteiger partial charge in [0, 0.05) is 47.5 Å². The summed E-state index contributed by atoms with van der Waals surface area (Å²) < 4.78 is 25.6. The van der Waals surface area contributed by atoms with Crippen molar-refractivity contribution in [1.82, 2.24) is 9.47 Å². The Morgan fingerprint density at radius 3 is 2.64 bits per heavy atom. The Morgan fingerprint density at radius 2 is 1.93 bits per heavy atom. The third-order valence-corrected chi connectivity index (χ3v) is 7.39. The third kappa shape index (κ3) is 3.33. The third-order valence-electron chi connectivity index (χ3n) is 5.63. The molecule has 0 N–H and O–H groups in total. The minimum atomic E-state index is -3.01. The van der Waals surface area contributed by atoms with Crippen molar-refractivity contribution in [3.05, 3.63) is 54.1 Å². The first-order valence-electron chi connectivity index (χ1n) is 9.56. The molecular weight excluding hydrogens is 372 g/mol. The van der Waals surface area contributed by atoms with E-state index in [4.69, 9.17) is 0 Å². The highest BCUT2D eigenvalue weighted by Gasteiger charge is 2.32. The van der Waals surface area contributed by atoms with Gasteiger partial charge in [-0.3, -0.25) is 4.79 Å². The maximum atomic E-state index is 12.5. The van der Waals surface area contributed by atoms with E-state index in [1.54, 1.807) is 18.0 Å². The Bertz CT molecular complexity index is 1190. The highest BCUT2D eigenvalue weighted by molar-refractivity contribution is 7.91. The van der Waals surface area contributed by atoms with Crippen molar-refractivity contribution in [2.45, 2.75) is 25.9 Å². The molecule has 0 spiro atoms. The normalized spacial score (nSPS) is 19.0. The molecule has 1 amide bonds. The first-order valence-corrected chi connectivity index (χ1v) is 11.4. The van der Waals surface area contributed by atoms with Crippen LogP contribution in [-0.2, 0) is 21.2 Å². The zero-order chi connectivity index (χ0) is 19.9. The molecule has 3 aromatic rings. The molecular formula is C22H24N2O3S. The van der Waals surface area contributed by atoms with Gasteiger partial charge >= 0.3 is 0 Å². The van der Waals surface area contributed by atoms with Crippen LogP contribution >= 0.6 is 0 Å². The zero-order valence-electron chi connectivity index (χ0n) is 16.1. The number of aromatic nitrogens is 1. The van der Waals surface area contributed by atoms with Crippen LogP contribution in [0.5, 0.6) is 0 Å². The molecule has 0 saturated carbocycles. The summed E-state index contributed by atoms with van der Waals surface area (Å²) in [5, 5.41) is 2.37. The van der Waals surface area contributed by atoms with Crippen LogP contribution < -0.4 is 0 Å². The zero-order valence-corrected chi connectivity index (χ0v) is 16.9. The fourth-order valence-electron chi connectivity index (χ4n) is 4.06. The van der Waals surface area contributed by atoms with Gasteiger partial charge < -0.3 is 9.47 Å². The fraction of sp³-hybridized carbons (Fsp3) is 0.318. The van der Waals surface area contributed by atoms with Crippen molar-refractivity contribution in [2.24, 2.45) is 0 Å². The summed E-state index contributed by atoms with van der Waals surface area (Å²) in [6.45, 7) is 3.03. The Balaban J connectivity index is 1.61. The second-order valence-electron chi connectivity index (χ2n) is 7.38. The molecule has 4 rings (SSSR count).